The number of methoxy groups -OCH3 is 1. The van der Waals surface area contributed by atoms with Crippen LogP contribution in [0.3, 0.4) is 0 Å². The zero-order chi connectivity index (χ0) is 7.84. The number of hydrogen-bond donors (Lipinski definition) is 0. The summed E-state index contributed by atoms with van der Waals surface area (Å²) in [6, 6.07) is 0. The third-order valence-electron chi connectivity index (χ3n) is 2.54. The number of fused-ring (bicyclic) bond motifs is 1. The van der Waals surface area contributed by atoms with E-state index in [2.05, 4.69) is 4.74 Å². The summed E-state index contributed by atoms with van der Waals surface area (Å²) in [6.45, 7) is 0. The summed E-state index contributed by atoms with van der Waals surface area (Å²) in [5, 5.41) is 0. The van der Waals surface area contributed by atoms with Crippen molar-refractivity contribution in [1.82, 2.24) is 0 Å². The molecule has 1 aliphatic carbocycles. The Hall–Kier alpha value is -0.570. The first-order valence-electron chi connectivity index (χ1n) is 4.04. The van der Waals surface area contributed by atoms with E-state index in [1.54, 1.807) is 0 Å². The smallest absolute Gasteiger partial charge is 0.308 e. The van der Waals surface area contributed by atoms with Gasteiger partial charge in [0.25, 0.3) is 0 Å². The summed E-state index contributed by atoms with van der Waals surface area (Å²) < 4.78 is 9.96. The minimum atomic E-state index is -0.0704. The van der Waals surface area contributed by atoms with E-state index in [1.165, 1.54) is 7.11 Å². The van der Waals surface area contributed by atoms with Crippen molar-refractivity contribution < 1.29 is 14.3 Å². The molecule has 1 saturated carbocycles. The molecule has 2 aliphatic rings. The Morgan fingerprint density at radius 1 is 1.45 bits per heavy atom. The molecule has 0 aromatic carbocycles. The maximum absolute atomic E-state index is 11.1. The van der Waals surface area contributed by atoms with Gasteiger partial charge in [-0.05, 0) is 19.3 Å². The number of carbonyl (C=O) groups is 1. The standard InChI is InChI=1S/C8H12O3/c1-10-8(9)5-2-3-6-7(4-5)11-6/h5-7H,2-4H2,1H3/t5?,6?,7-/m0/s1. The number of carbonyl (C=O) groups excluding carboxylic acids is 1. The van der Waals surface area contributed by atoms with Crippen LogP contribution in [-0.2, 0) is 14.3 Å². The van der Waals surface area contributed by atoms with Crippen LogP contribution < -0.4 is 0 Å². The molecule has 2 unspecified atom stereocenters. The Morgan fingerprint density at radius 3 is 2.91 bits per heavy atom. The Kier molecular flexibility index (Phi) is 1.60. The lowest BCUT2D eigenvalue weighted by atomic mass is 9.89. The summed E-state index contributed by atoms with van der Waals surface area (Å²) in [7, 11) is 1.45. The normalized spacial score (nSPS) is 41.0. The van der Waals surface area contributed by atoms with E-state index in [9.17, 15) is 4.79 Å². The molecule has 1 aliphatic heterocycles. The third-order valence-corrected chi connectivity index (χ3v) is 2.54. The molecule has 3 nitrogen and oxygen atoms in total. The van der Waals surface area contributed by atoms with Crippen molar-refractivity contribution in [2.24, 2.45) is 5.92 Å². The average Bonchev–Trinajstić information content (AvgIpc) is 2.80. The molecule has 1 saturated heterocycles. The van der Waals surface area contributed by atoms with Crippen molar-refractivity contribution in [3.8, 4) is 0 Å². The molecule has 1 heterocycles. The highest BCUT2D eigenvalue weighted by Gasteiger charge is 2.45. The molecule has 2 rings (SSSR count). The van der Waals surface area contributed by atoms with Crippen LogP contribution in [0.5, 0.6) is 0 Å². The second-order valence-corrected chi connectivity index (χ2v) is 3.25. The van der Waals surface area contributed by atoms with Gasteiger partial charge in [0, 0.05) is 0 Å². The second kappa shape index (κ2) is 2.48. The maximum Gasteiger partial charge on any atom is 0.308 e. The maximum atomic E-state index is 11.1. The lowest BCUT2D eigenvalue weighted by molar-refractivity contribution is -0.146. The molecular formula is C8H12O3. The molecule has 0 spiro atoms. The van der Waals surface area contributed by atoms with Crippen LogP contribution in [-0.4, -0.2) is 25.3 Å². The van der Waals surface area contributed by atoms with Gasteiger partial charge in [-0.15, -0.1) is 0 Å². The van der Waals surface area contributed by atoms with E-state index in [1.807, 2.05) is 0 Å². The van der Waals surface area contributed by atoms with Gasteiger partial charge in [-0.3, -0.25) is 4.79 Å². The SMILES string of the molecule is COC(=O)C1CCC2O[C@H]2C1. The van der Waals surface area contributed by atoms with Crippen LogP contribution in [0.15, 0.2) is 0 Å². The number of ether oxygens (including phenoxy) is 2. The number of rotatable bonds is 1. The van der Waals surface area contributed by atoms with Crippen molar-refractivity contribution in [2.75, 3.05) is 7.11 Å². The first-order valence-corrected chi connectivity index (χ1v) is 4.04. The van der Waals surface area contributed by atoms with Gasteiger partial charge < -0.3 is 9.47 Å². The molecule has 0 aromatic rings. The van der Waals surface area contributed by atoms with Crippen LogP contribution in [0.4, 0.5) is 0 Å². The van der Waals surface area contributed by atoms with Crippen LogP contribution in [0.1, 0.15) is 19.3 Å². The van der Waals surface area contributed by atoms with Crippen molar-refractivity contribution in [3.05, 3.63) is 0 Å². The number of epoxide rings is 1. The Bertz CT molecular complexity index is 178. The lowest BCUT2D eigenvalue weighted by Gasteiger charge is -2.15. The van der Waals surface area contributed by atoms with E-state index >= 15 is 0 Å². The fourth-order valence-electron chi connectivity index (χ4n) is 1.78. The monoisotopic (exact) mass is 156 g/mol. The summed E-state index contributed by atoms with van der Waals surface area (Å²) in [4.78, 5) is 11.1. The molecule has 11 heavy (non-hydrogen) atoms. The largest absolute Gasteiger partial charge is 0.469 e. The van der Waals surface area contributed by atoms with Gasteiger partial charge in [0.2, 0.25) is 0 Å². The van der Waals surface area contributed by atoms with Crippen LogP contribution in [0.2, 0.25) is 0 Å². The summed E-state index contributed by atoms with van der Waals surface area (Å²) in [6.07, 6.45) is 3.68. The minimum Gasteiger partial charge on any atom is -0.469 e. The van der Waals surface area contributed by atoms with Gasteiger partial charge in [-0.25, -0.2) is 0 Å². The first kappa shape index (κ1) is 7.10. The predicted octanol–water partition coefficient (Wildman–Crippen LogP) is 0.727. The molecule has 0 bridgehead atoms. The first-order chi connectivity index (χ1) is 5.31. The molecule has 0 aromatic heterocycles. The molecule has 0 amide bonds. The van der Waals surface area contributed by atoms with Crippen LogP contribution >= 0.6 is 0 Å². The van der Waals surface area contributed by atoms with E-state index in [4.69, 9.17) is 4.74 Å². The molecule has 0 N–H and O–H groups in total. The van der Waals surface area contributed by atoms with Gasteiger partial charge in [0.1, 0.15) is 0 Å². The molecular weight excluding hydrogens is 144 g/mol. The van der Waals surface area contributed by atoms with Gasteiger partial charge in [0.05, 0.1) is 25.2 Å². The van der Waals surface area contributed by atoms with E-state index < -0.39 is 0 Å². The Balaban J connectivity index is 1.89. The van der Waals surface area contributed by atoms with E-state index in [-0.39, 0.29) is 11.9 Å². The van der Waals surface area contributed by atoms with Crippen LogP contribution in [0, 0.1) is 5.92 Å². The van der Waals surface area contributed by atoms with Crippen molar-refractivity contribution >= 4 is 5.97 Å². The topological polar surface area (TPSA) is 38.8 Å². The van der Waals surface area contributed by atoms with Crippen molar-refractivity contribution in [1.29, 1.82) is 0 Å². The lowest BCUT2D eigenvalue weighted by Crippen LogP contribution is -2.22. The summed E-state index contributed by atoms with van der Waals surface area (Å²) in [5.74, 6) is 0.0303. The quantitative estimate of drug-likeness (QED) is 0.415. The fraction of sp³-hybridized carbons (Fsp3) is 0.875. The van der Waals surface area contributed by atoms with Crippen molar-refractivity contribution in [2.45, 2.75) is 31.5 Å². The van der Waals surface area contributed by atoms with Gasteiger partial charge >= 0.3 is 5.97 Å². The molecule has 0 radical (unpaired) electrons. The van der Waals surface area contributed by atoms with Gasteiger partial charge in [0.15, 0.2) is 0 Å². The Labute approximate surface area is 65.7 Å². The van der Waals surface area contributed by atoms with E-state index in [0.717, 1.165) is 19.3 Å². The van der Waals surface area contributed by atoms with Gasteiger partial charge in [-0.1, -0.05) is 0 Å². The summed E-state index contributed by atoms with van der Waals surface area (Å²) in [5.41, 5.74) is 0. The molecule has 3 heteroatoms. The highest BCUT2D eigenvalue weighted by molar-refractivity contribution is 5.72. The van der Waals surface area contributed by atoms with Gasteiger partial charge in [-0.2, -0.15) is 0 Å². The number of hydrogen-bond acceptors (Lipinski definition) is 3. The average molecular weight is 156 g/mol. The van der Waals surface area contributed by atoms with E-state index in [0.29, 0.717) is 12.2 Å². The van der Waals surface area contributed by atoms with Crippen molar-refractivity contribution in [3.63, 3.8) is 0 Å². The third kappa shape index (κ3) is 1.25. The zero-order valence-corrected chi connectivity index (χ0v) is 6.58. The molecule has 2 fully saturated rings. The van der Waals surface area contributed by atoms with Crippen LogP contribution in [0.25, 0.3) is 0 Å². The zero-order valence-electron chi connectivity index (χ0n) is 6.58. The highest BCUT2D eigenvalue weighted by atomic mass is 16.6. The highest BCUT2D eigenvalue weighted by Crippen LogP contribution is 2.39. The number of esters is 1. The Morgan fingerprint density at radius 2 is 2.27 bits per heavy atom. The molecule has 3 atom stereocenters. The second-order valence-electron chi connectivity index (χ2n) is 3.25. The predicted molar refractivity (Wildman–Crippen MR) is 38.0 cm³/mol. The summed E-state index contributed by atoms with van der Waals surface area (Å²) >= 11 is 0. The fourth-order valence-corrected chi connectivity index (χ4v) is 1.78. The minimum absolute atomic E-state index is 0.0704. The molecule has 62 valence electrons.